The zero-order valence-electron chi connectivity index (χ0n) is 8.46. The van der Waals surface area contributed by atoms with Gasteiger partial charge in [0.15, 0.2) is 0 Å². The minimum Gasteiger partial charge on any atom is -0.340 e. The average Bonchev–Trinajstić information content (AvgIpc) is 2.49. The summed E-state index contributed by atoms with van der Waals surface area (Å²) in [6.45, 7) is 3.35. The molecule has 2 heterocycles. The van der Waals surface area contributed by atoms with Crippen LogP contribution in [0.25, 0.3) is 0 Å². The summed E-state index contributed by atoms with van der Waals surface area (Å²) in [5.41, 5.74) is 0. The molecule has 0 spiro atoms. The van der Waals surface area contributed by atoms with E-state index in [1.807, 2.05) is 0 Å². The fourth-order valence-corrected chi connectivity index (χ4v) is 2.74. The van der Waals surface area contributed by atoms with Crippen molar-refractivity contribution in [2.24, 2.45) is 5.92 Å². The molecule has 2 aliphatic heterocycles. The first-order chi connectivity index (χ1) is 6.27. The van der Waals surface area contributed by atoms with Gasteiger partial charge in [0, 0.05) is 19.0 Å². The zero-order valence-corrected chi connectivity index (χ0v) is 8.46. The molecule has 2 nitrogen and oxygen atoms in total. The molecule has 2 atom stereocenters. The number of carbonyl (C=O) groups is 1. The fourth-order valence-electron chi connectivity index (χ4n) is 2.74. The van der Waals surface area contributed by atoms with Crippen LogP contribution in [0, 0.1) is 5.92 Å². The summed E-state index contributed by atoms with van der Waals surface area (Å²) in [5.74, 6) is 1.23. The van der Waals surface area contributed by atoms with Gasteiger partial charge in [0.1, 0.15) is 0 Å². The first kappa shape index (κ1) is 9.04. The summed E-state index contributed by atoms with van der Waals surface area (Å²) in [6.07, 6.45) is 6.85. The predicted octanol–water partition coefficient (Wildman–Crippen LogP) is 2.19. The summed E-state index contributed by atoms with van der Waals surface area (Å²) in [7, 11) is 0. The lowest BCUT2D eigenvalue weighted by atomic mass is 9.93. The van der Waals surface area contributed by atoms with E-state index in [-0.39, 0.29) is 0 Å². The number of carbonyl (C=O) groups excluding carboxylic acids is 1. The number of amides is 1. The van der Waals surface area contributed by atoms with Gasteiger partial charge in [-0.3, -0.25) is 4.79 Å². The molecule has 2 fully saturated rings. The number of rotatable bonds is 0. The Bertz CT molecular complexity index is 202. The Balaban J connectivity index is 2.05. The average molecular weight is 181 g/mol. The van der Waals surface area contributed by atoms with Crippen molar-refractivity contribution >= 4 is 5.91 Å². The van der Waals surface area contributed by atoms with Gasteiger partial charge < -0.3 is 4.90 Å². The summed E-state index contributed by atoms with van der Waals surface area (Å²) >= 11 is 0. The van der Waals surface area contributed by atoms with Crippen LogP contribution in [0.3, 0.4) is 0 Å². The van der Waals surface area contributed by atoms with E-state index in [4.69, 9.17) is 0 Å². The monoisotopic (exact) mass is 181 g/mol. The lowest BCUT2D eigenvalue weighted by Crippen LogP contribution is -2.37. The second-order valence-electron chi connectivity index (χ2n) is 4.62. The normalized spacial score (nSPS) is 35.5. The van der Waals surface area contributed by atoms with Crippen molar-refractivity contribution in [2.75, 3.05) is 6.54 Å². The molecule has 0 saturated carbocycles. The molecule has 2 heteroatoms. The second-order valence-corrected chi connectivity index (χ2v) is 4.62. The van der Waals surface area contributed by atoms with E-state index in [0.717, 1.165) is 25.3 Å². The van der Waals surface area contributed by atoms with Gasteiger partial charge in [0.2, 0.25) is 5.91 Å². The highest BCUT2D eigenvalue weighted by Gasteiger charge is 2.30. The third-order valence-electron chi connectivity index (χ3n) is 3.46. The molecular formula is C11H19NO. The summed E-state index contributed by atoms with van der Waals surface area (Å²) in [4.78, 5) is 13.8. The molecule has 0 aromatic heterocycles. The van der Waals surface area contributed by atoms with Crippen LogP contribution < -0.4 is 0 Å². The van der Waals surface area contributed by atoms with Gasteiger partial charge >= 0.3 is 0 Å². The highest BCUT2D eigenvalue weighted by molar-refractivity contribution is 5.76. The quantitative estimate of drug-likeness (QED) is 0.561. The molecule has 0 aromatic rings. The maximum Gasteiger partial charge on any atom is 0.222 e. The third-order valence-corrected chi connectivity index (χ3v) is 3.46. The highest BCUT2D eigenvalue weighted by atomic mass is 16.2. The summed E-state index contributed by atoms with van der Waals surface area (Å²) in [5, 5.41) is 0. The minimum absolute atomic E-state index is 0.411. The summed E-state index contributed by atoms with van der Waals surface area (Å²) < 4.78 is 0. The molecule has 0 N–H and O–H groups in total. The SMILES string of the molecule is CC1CCCC(=O)N2CCC[C@@H]2C1. The Hall–Kier alpha value is -0.530. The molecule has 0 aromatic carbocycles. The van der Waals surface area contributed by atoms with Crippen LogP contribution in [-0.4, -0.2) is 23.4 Å². The second kappa shape index (κ2) is 3.69. The number of hydrogen-bond acceptors (Lipinski definition) is 1. The third kappa shape index (κ3) is 1.87. The lowest BCUT2D eigenvalue weighted by molar-refractivity contribution is -0.133. The first-order valence-corrected chi connectivity index (χ1v) is 5.57. The van der Waals surface area contributed by atoms with Gasteiger partial charge in [-0.25, -0.2) is 0 Å². The molecule has 13 heavy (non-hydrogen) atoms. The van der Waals surface area contributed by atoms with Crippen molar-refractivity contribution < 1.29 is 4.79 Å². The van der Waals surface area contributed by atoms with Crippen LogP contribution in [0.5, 0.6) is 0 Å². The van der Waals surface area contributed by atoms with E-state index in [0.29, 0.717) is 11.9 Å². The molecule has 2 aliphatic rings. The van der Waals surface area contributed by atoms with Gasteiger partial charge in [-0.1, -0.05) is 13.3 Å². The van der Waals surface area contributed by atoms with Gasteiger partial charge in [-0.15, -0.1) is 0 Å². The highest BCUT2D eigenvalue weighted by Crippen LogP contribution is 2.28. The van der Waals surface area contributed by atoms with Crippen LogP contribution in [0.4, 0.5) is 0 Å². The van der Waals surface area contributed by atoms with E-state index in [1.165, 1.54) is 25.7 Å². The first-order valence-electron chi connectivity index (χ1n) is 5.57. The zero-order chi connectivity index (χ0) is 9.26. The Morgan fingerprint density at radius 2 is 2.15 bits per heavy atom. The van der Waals surface area contributed by atoms with Crippen molar-refractivity contribution in [1.82, 2.24) is 4.90 Å². The standard InChI is InChI=1S/C11H19NO/c1-9-4-2-6-11(13)12-7-3-5-10(12)8-9/h9-10H,2-8H2,1H3/t9?,10-/m1/s1. The van der Waals surface area contributed by atoms with Crippen LogP contribution in [0.2, 0.25) is 0 Å². The number of hydrogen-bond donors (Lipinski definition) is 0. The molecule has 2 rings (SSSR count). The van der Waals surface area contributed by atoms with Crippen LogP contribution >= 0.6 is 0 Å². The molecule has 0 bridgehead atoms. The topological polar surface area (TPSA) is 20.3 Å². The van der Waals surface area contributed by atoms with Crippen molar-refractivity contribution in [3.63, 3.8) is 0 Å². The van der Waals surface area contributed by atoms with Crippen molar-refractivity contribution in [3.8, 4) is 0 Å². The Kier molecular flexibility index (Phi) is 2.56. The molecule has 74 valence electrons. The molecule has 0 aliphatic carbocycles. The Morgan fingerprint density at radius 1 is 1.31 bits per heavy atom. The van der Waals surface area contributed by atoms with Crippen LogP contribution in [-0.2, 0) is 4.79 Å². The number of fused-ring (bicyclic) bond motifs is 1. The van der Waals surface area contributed by atoms with Crippen molar-refractivity contribution in [3.05, 3.63) is 0 Å². The van der Waals surface area contributed by atoms with Crippen molar-refractivity contribution in [1.29, 1.82) is 0 Å². The number of nitrogens with zero attached hydrogens (tertiary/aromatic N) is 1. The van der Waals surface area contributed by atoms with Crippen LogP contribution in [0.15, 0.2) is 0 Å². The molecule has 1 unspecified atom stereocenters. The van der Waals surface area contributed by atoms with Gasteiger partial charge in [0.05, 0.1) is 0 Å². The van der Waals surface area contributed by atoms with E-state index < -0.39 is 0 Å². The van der Waals surface area contributed by atoms with Gasteiger partial charge in [0.25, 0.3) is 0 Å². The fraction of sp³-hybridized carbons (Fsp3) is 0.909. The maximum atomic E-state index is 11.7. The largest absolute Gasteiger partial charge is 0.340 e. The molecule has 0 radical (unpaired) electrons. The van der Waals surface area contributed by atoms with Crippen molar-refractivity contribution in [2.45, 2.75) is 51.5 Å². The molecular weight excluding hydrogens is 162 g/mol. The minimum atomic E-state index is 0.411. The van der Waals surface area contributed by atoms with E-state index in [9.17, 15) is 4.79 Å². The molecule has 1 amide bonds. The van der Waals surface area contributed by atoms with E-state index in [2.05, 4.69) is 11.8 Å². The van der Waals surface area contributed by atoms with E-state index >= 15 is 0 Å². The smallest absolute Gasteiger partial charge is 0.222 e. The van der Waals surface area contributed by atoms with Gasteiger partial charge in [-0.05, 0) is 31.6 Å². The summed E-state index contributed by atoms with van der Waals surface area (Å²) in [6, 6.07) is 0.586. The van der Waals surface area contributed by atoms with E-state index in [1.54, 1.807) is 0 Å². The maximum absolute atomic E-state index is 11.7. The van der Waals surface area contributed by atoms with Gasteiger partial charge in [-0.2, -0.15) is 0 Å². The Morgan fingerprint density at radius 3 is 3.00 bits per heavy atom. The lowest BCUT2D eigenvalue weighted by Gasteiger charge is -2.29. The predicted molar refractivity (Wildman–Crippen MR) is 52.4 cm³/mol. The van der Waals surface area contributed by atoms with Crippen LogP contribution in [0.1, 0.15) is 45.4 Å². The molecule has 2 saturated heterocycles. The Labute approximate surface area is 80.3 Å².